The summed E-state index contributed by atoms with van der Waals surface area (Å²) in [6.07, 6.45) is 0. The van der Waals surface area contributed by atoms with E-state index >= 15 is 0 Å². The van der Waals surface area contributed by atoms with Gasteiger partial charge < -0.3 is 10.6 Å². The molecule has 0 saturated carbocycles. The lowest BCUT2D eigenvalue weighted by atomic mass is 10.1. The van der Waals surface area contributed by atoms with Crippen LogP contribution in [0.4, 0.5) is 16.4 Å². The Morgan fingerprint density at radius 3 is 2.55 bits per heavy atom. The number of hydrogen-bond acceptors (Lipinski definition) is 3. The Bertz CT molecular complexity index is 851. The van der Waals surface area contributed by atoms with E-state index in [0.717, 1.165) is 32.0 Å². The molecule has 2 heterocycles. The summed E-state index contributed by atoms with van der Waals surface area (Å²) in [5, 5.41) is 8.27. The van der Waals surface area contributed by atoms with E-state index in [-0.39, 0.29) is 5.91 Å². The fraction of sp³-hybridized carbons (Fsp3) is 0.0625. The molecule has 0 fully saturated rings. The van der Waals surface area contributed by atoms with Gasteiger partial charge in [0, 0.05) is 10.1 Å². The molecule has 1 aliphatic rings. The van der Waals surface area contributed by atoms with E-state index in [4.69, 9.17) is 0 Å². The van der Waals surface area contributed by atoms with Gasteiger partial charge in [0.25, 0.3) is 5.91 Å². The van der Waals surface area contributed by atoms with Gasteiger partial charge in [0.2, 0.25) is 0 Å². The van der Waals surface area contributed by atoms with E-state index < -0.39 is 0 Å². The molecule has 1 aliphatic heterocycles. The number of aryl methyl sites for hydroxylation is 1. The zero-order valence-electron chi connectivity index (χ0n) is 10.9. The molecule has 4 heteroatoms. The Morgan fingerprint density at radius 2 is 1.75 bits per heavy atom. The Hall–Kier alpha value is -2.33. The third-order valence-electron chi connectivity index (χ3n) is 3.50. The molecule has 0 aliphatic carbocycles. The van der Waals surface area contributed by atoms with Crippen molar-refractivity contribution in [3.05, 3.63) is 53.6 Å². The van der Waals surface area contributed by atoms with E-state index in [1.54, 1.807) is 11.3 Å². The van der Waals surface area contributed by atoms with Crippen LogP contribution in [0.5, 0.6) is 0 Å². The number of fused-ring (bicyclic) bond motifs is 4. The Morgan fingerprint density at radius 1 is 1.00 bits per heavy atom. The topological polar surface area (TPSA) is 41.1 Å². The van der Waals surface area contributed by atoms with Gasteiger partial charge in [-0.2, -0.15) is 0 Å². The van der Waals surface area contributed by atoms with Gasteiger partial charge in [-0.3, -0.25) is 4.79 Å². The van der Waals surface area contributed by atoms with Crippen molar-refractivity contribution in [2.75, 3.05) is 10.6 Å². The van der Waals surface area contributed by atoms with Crippen LogP contribution in [0.1, 0.15) is 15.9 Å². The van der Waals surface area contributed by atoms with Crippen molar-refractivity contribution in [1.82, 2.24) is 0 Å². The van der Waals surface area contributed by atoms with E-state index in [1.165, 1.54) is 5.56 Å². The summed E-state index contributed by atoms with van der Waals surface area (Å²) in [5.41, 5.74) is 3.69. The minimum Gasteiger partial charge on any atom is -0.345 e. The second-order valence-electron chi connectivity index (χ2n) is 4.93. The number of amides is 1. The van der Waals surface area contributed by atoms with Crippen molar-refractivity contribution in [2.45, 2.75) is 6.92 Å². The molecule has 3 nitrogen and oxygen atoms in total. The van der Waals surface area contributed by atoms with Crippen LogP contribution in [-0.4, -0.2) is 5.91 Å². The van der Waals surface area contributed by atoms with E-state index in [1.807, 2.05) is 36.4 Å². The molecular formula is C16H12N2OS. The third kappa shape index (κ3) is 1.62. The van der Waals surface area contributed by atoms with Crippen LogP contribution >= 0.6 is 11.3 Å². The molecule has 0 atom stereocenters. The minimum absolute atomic E-state index is 0.0486. The number of hydrogen-bond donors (Lipinski definition) is 2. The average molecular weight is 280 g/mol. The van der Waals surface area contributed by atoms with Crippen molar-refractivity contribution in [2.24, 2.45) is 0 Å². The highest BCUT2D eigenvalue weighted by molar-refractivity contribution is 7.23. The predicted octanol–water partition coefficient (Wildman–Crippen LogP) is 4.52. The lowest BCUT2D eigenvalue weighted by molar-refractivity contribution is 0.103. The van der Waals surface area contributed by atoms with Gasteiger partial charge in [0.05, 0.1) is 16.9 Å². The number of anilines is 3. The lowest BCUT2D eigenvalue weighted by Crippen LogP contribution is -2.10. The molecule has 0 radical (unpaired) electrons. The van der Waals surface area contributed by atoms with Gasteiger partial charge in [0.15, 0.2) is 0 Å². The second-order valence-corrected chi connectivity index (χ2v) is 5.98. The van der Waals surface area contributed by atoms with Crippen LogP contribution in [-0.2, 0) is 0 Å². The summed E-state index contributed by atoms with van der Waals surface area (Å²) in [7, 11) is 0. The fourth-order valence-corrected chi connectivity index (χ4v) is 3.74. The molecule has 0 spiro atoms. The number of carbonyl (C=O) groups excluding carboxylic acids is 1. The summed E-state index contributed by atoms with van der Waals surface area (Å²) >= 11 is 1.62. The first-order valence-electron chi connectivity index (χ1n) is 6.43. The molecule has 4 rings (SSSR count). The van der Waals surface area contributed by atoms with Crippen molar-refractivity contribution < 1.29 is 4.79 Å². The molecule has 0 bridgehead atoms. The molecule has 2 aromatic carbocycles. The molecule has 1 amide bonds. The maximum atomic E-state index is 12.5. The molecule has 1 aromatic heterocycles. The quantitative estimate of drug-likeness (QED) is 0.635. The number of carbonyl (C=O) groups is 1. The van der Waals surface area contributed by atoms with Crippen LogP contribution in [0.2, 0.25) is 0 Å². The Kier molecular flexibility index (Phi) is 2.35. The number of rotatable bonds is 0. The number of nitrogens with one attached hydrogen (secondary N) is 2. The zero-order valence-corrected chi connectivity index (χ0v) is 11.7. The van der Waals surface area contributed by atoms with Crippen LogP contribution in [0, 0.1) is 6.92 Å². The normalized spacial score (nSPS) is 13.2. The number of thiophene rings is 1. The highest BCUT2D eigenvalue weighted by atomic mass is 32.1. The maximum absolute atomic E-state index is 12.5. The summed E-state index contributed by atoms with van der Waals surface area (Å²) in [6.45, 7) is 2.06. The van der Waals surface area contributed by atoms with Crippen LogP contribution in [0.15, 0.2) is 42.5 Å². The van der Waals surface area contributed by atoms with Gasteiger partial charge in [-0.15, -0.1) is 11.3 Å². The third-order valence-corrected chi connectivity index (χ3v) is 4.56. The fourth-order valence-electron chi connectivity index (χ4n) is 2.53. The summed E-state index contributed by atoms with van der Waals surface area (Å²) in [5.74, 6) is -0.0486. The highest BCUT2D eigenvalue weighted by Gasteiger charge is 2.23. The largest absolute Gasteiger partial charge is 0.345 e. The zero-order chi connectivity index (χ0) is 13.7. The van der Waals surface area contributed by atoms with Crippen molar-refractivity contribution in [3.63, 3.8) is 0 Å². The molecule has 20 heavy (non-hydrogen) atoms. The molecule has 98 valence electrons. The summed E-state index contributed by atoms with van der Waals surface area (Å²) < 4.78 is 1.14. The average Bonchev–Trinajstić information content (AvgIpc) is 2.71. The molecule has 3 aromatic rings. The minimum atomic E-state index is -0.0486. The lowest BCUT2D eigenvalue weighted by Gasteiger charge is -2.06. The van der Waals surface area contributed by atoms with Crippen molar-refractivity contribution >= 4 is 43.7 Å². The van der Waals surface area contributed by atoms with Gasteiger partial charge in [0.1, 0.15) is 5.00 Å². The van der Waals surface area contributed by atoms with Gasteiger partial charge in [-0.05, 0) is 30.7 Å². The molecular weight excluding hydrogens is 268 g/mol. The molecule has 0 saturated heterocycles. The van der Waals surface area contributed by atoms with Crippen LogP contribution in [0.25, 0.3) is 10.1 Å². The molecule has 2 N–H and O–H groups in total. The van der Waals surface area contributed by atoms with E-state index in [9.17, 15) is 4.79 Å². The maximum Gasteiger partial charge on any atom is 0.259 e. The summed E-state index contributed by atoms with van der Waals surface area (Å²) in [4.78, 5) is 12.5. The first-order valence-corrected chi connectivity index (χ1v) is 7.24. The Labute approximate surface area is 120 Å². The van der Waals surface area contributed by atoms with Gasteiger partial charge in [-0.1, -0.05) is 24.3 Å². The second kappa shape index (κ2) is 4.08. The summed E-state index contributed by atoms with van der Waals surface area (Å²) in [6, 6.07) is 13.9. The smallest absolute Gasteiger partial charge is 0.259 e. The SMILES string of the molecule is Cc1ccc2c3c(sc2c1)Nc1ccccc1NC3=O. The molecule has 0 unspecified atom stereocenters. The van der Waals surface area contributed by atoms with E-state index in [0.29, 0.717) is 0 Å². The first-order chi connectivity index (χ1) is 9.72. The highest BCUT2D eigenvalue weighted by Crippen LogP contribution is 2.41. The number of benzene rings is 2. The Balaban J connectivity index is 1.99. The van der Waals surface area contributed by atoms with Crippen LogP contribution < -0.4 is 10.6 Å². The monoisotopic (exact) mass is 280 g/mol. The standard InChI is InChI=1S/C16H12N2OS/c1-9-6-7-10-13(8-9)20-16-14(10)15(19)17-11-4-2-3-5-12(11)18-16/h2-8,18H,1H3,(H,17,19). The van der Waals surface area contributed by atoms with Gasteiger partial charge >= 0.3 is 0 Å². The van der Waals surface area contributed by atoms with Crippen molar-refractivity contribution in [3.8, 4) is 0 Å². The van der Waals surface area contributed by atoms with Crippen LogP contribution in [0.3, 0.4) is 0 Å². The van der Waals surface area contributed by atoms with Crippen molar-refractivity contribution in [1.29, 1.82) is 0 Å². The van der Waals surface area contributed by atoms with Gasteiger partial charge in [-0.25, -0.2) is 0 Å². The predicted molar refractivity (Wildman–Crippen MR) is 84.2 cm³/mol. The first kappa shape index (κ1) is 11.5. The van der Waals surface area contributed by atoms with E-state index in [2.05, 4.69) is 23.6 Å². The number of para-hydroxylation sites is 2.